The van der Waals surface area contributed by atoms with Crippen molar-refractivity contribution in [3.63, 3.8) is 0 Å². The molecule has 0 nitrogen and oxygen atoms in total. The molecule has 0 spiro atoms. The van der Waals surface area contributed by atoms with Crippen LogP contribution in [0, 0.1) is 0 Å². The van der Waals surface area contributed by atoms with Crippen LogP contribution in [0.2, 0.25) is 0 Å². The van der Waals surface area contributed by atoms with E-state index in [1.807, 2.05) is 0 Å². The van der Waals surface area contributed by atoms with Crippen LogP contribution in [0.4, 0.5) is 15.5 Å². The molecule has 0 bridgehead atoms. The van der Waals surface area contributed by atoms with Crippen molar-refractivity contribution in [1.29, 1.82) is 0 Å². The lowest BCUT2D eigenvalue weighted by atomic mass is 18.7. The lowest BCUT2D eigenvalue weighted by Crippen LogP contribution is -1.47. The van der Waals surface area contributed by atoms with Crippen molar-refractivity contribution < 1.29 is 15.5 Å². The molecule has 0 rings (SSSR count). The van der Waals surface area contributed by atoms with E-state index in [1.54, 1.807) is 0 Å². The summed E-state index contributed by atoms with van der Waals surface area (Å²) in [5, 5.41) is 0. The standard InChI is InChI=1S/ClH.F4S/c;1-5(2,3)4/h1H;. The first kappa shape index (κ1) is 9.61. The number of rotatable bonds is 0. The number of halogens is 5. The van der Waals surface area contributed by atoms with Crippen LogP contribution < -0.4 is 0 Å². The molecule has 0 unspecified atom stereocenters. The van der Waals surface area contributed by atoms with Gasteiger partial charge in [-0.05, 0) is 0 Å². The molecule has 0 saturated carbocycles. The molecule has 0 aliphatic heterocycles. The van der Waals surface area contributed by atoms with E-state index >= 15 is 0 Å². The average Bonchev–Trinajstić information content (AvgIpc) is 0.722. The van der Waals surface area contributed by atoms with Crippen LogP contribution in [-0.2, 0) is 0 Å². The predicted molar refractivity (Wildman–Crippen MR) is 19.3 cm³/mol. The molecule has 42 valence electrons. The highest BCUT2D eigenvalue weighted by Crippen LogP contribution is 2.54. The molecule has 0 atom stereocenters. The lowest BCUT2D eigenvalue weighted by Gasteiger charge is -1.87. The van der Waals surface area contributed by atoms with Gasteiger partial charge in [-0.1, -0.05) is 15.5 Å². The zero-order valence-electron chi connectivity index (χ0n) is 2.33. The summed E-state index contributed by atoms with van der Waals surface area (Å²) in [6.45, 7) is 0. The Bertz CT molecular complexity index is 23.0. The molecule has 0 heterocycles. The van der Waals surface area contributed by atoms with Crippen molar-refractivity contribution in [2.75, 3.05) is 0 Å². The summed E-state index contributed by atoms with van der Waals surface area (Å²) in [6, 6.07) is 0. The van der Waals surface area contributed by atoms with Gasteiger partial charge in [-0.15, -0.1) is 12.4 Å². The molecule has 0 saturated heterocycles. The van der Waals surface area contributed by atoms with E-state index in [0.717, 1.165) is 0 Å². The molecule has 0 aromatic rings. The Morgan fingerprint density at radius 2 is 0.833 bits per heavy atom. The molecule has 0 N–H and O–H groups in total. The van der Waals surface area contributed by atoms with E-state index in [4.69, 9.17) is 0 Å². The van der Waals surface area contributed by atoms with E-state index < -0.39 is 11.6 Å². The third kappa shape index (κ3) is 380. The van der Waals surface area contributed by atoms with E-state index in [1.165, 1.54) is 0 Å². The van der Waals surface area contributed by atoms with Gasteiger partial charge in [0.15, 0.2) is 0 Å². The summed E-state index contributed by atoms with van der Waals surface area (Å²) in [4.78, 5) is 0. The minimum atomic E-state index is -6.17. The van der Waals surface area contributed by atoms with Gasteiger partial charge in [0.2, 0.25) is 0 Å². The normalized spacial score (nSPS) is 12.7. The van der Waals surface area contributed by atoms with Crippen LogP contribution in [-0.4, -0.2) is 0 Å². The topological polar surface area (TPSA) is 0 Å². The Labute approximate surface area is 40.4 Å². The summed E-state index contributed by atoms with van der Waals surface area (Å²) in [6.07, 6.45) is 0. The third-order valence-corrected chi connectivity index (χ3v) is 0. The second-order valence-electron chi connectivity index (χ2n) is 0.350. The average molecular weight is 145 g/mol. The van der Waals surface area contributed by atoms with Gasteiger partial charge in [0.1, 0.15) is 0 Å². The molecule has 6 heavy (non-hydrogen) atoms. The molecule has 0 aromatic heterocycles. The van der Waals surface area contributed by atoms with Crippen molar-refractivity contribution in [2.24, 2.45) is 0 Å². The van der Waals surface area contributed by atoms with Crippen molar-refractivity contribution in [1.82, 2.24) is 0 Å². The van der Waals surface area contributed by atoms with Gasteiger partial charge in [-0.25, -0.2) is 0 Å². The van der Waals surface area contributed by atoms with E-state index in [9.17, 15) is 15.5 Å². The highest BCUT2D eigenvalue weighted by Gasteiger charge is 2.16. The van der Waals surface area contributed by atoms with Crippen molar-refractivity contribution >= 4 is 24.0 Å². The molecular weight excluding hydrogens is 144 g/mol. The van der Waals surface area contributed by atoms with Gasteiger partial charge in [-0.3, -0.25) is 0 Å². The number of hydrogen-bond acceptors (Lipinski definition) is 0. The van der Waals surface area contributed by atoms with Gasteiger partial charge in [0.25, 0.3) is 0 Å². The third-order valence-electron chi connectivity index (χ3n) is 0. The molecular formula is HClF4S. The van der Waals surface area contributed by atoms with Gasteiger partial charge < -0.3 is 0 Å². The maximum Gasteiger partial charge on any atom is 0.379 e. The Morgan fingerprint density at radius 3 is 0.833 bits per heavy atom. The van der Waals surface area contributed by atoms with Crippen LogP contribution in [0.1, 0.15) is 0 Å². The second-order valence-corrected chi connectivity index (χ2v) is 1.05. The summed E-state index contributed by atoms with van der Waals surface area (Å²) >= 11 is -6.17. The fraction of sp³-hybridized carbons (Fsp3) is 0. The summed E-state index contributed by atoms with van der Waals surface area (Å²) in [7, 11) is 0. The molecule has 0 aromatic carbocycles. The quantitative estimate of drug-likeness (QED) is 0.459. The zero-order chi connectivity index (χ0) is 4.50. The van der Waals surface area contributed by atoms with Crippen molar-refractivity contribution in [3.8, 4) is 0 Å². The number of hydrogen-bond donors (Lipinski definition) is 0. The zero-order valence-corrected chi connectivity index (χ0v) is 3.96. The smallest absolute Gasteiger partial charge is 0.147 e. The maximum absolute atomic E-state index is 9.77. The highest BCUT2D eigenvalue weighted by molar-refractivity contribution is 8.16. The fourth-order valence-corrected chi connectivity index (χ4v) is 0. The minimum Gasteiger partial charge on any atom is -0.147 e. The molecule has 0 fully saturated rings. The lowest BCUT2D eigenvalue weighted by molar-refractivity contribution is 0.543. The van der Waals surface area contributed by atoms with E-state index in [2.05, 4.69) is 0 Å². The maximum atomic E-state index is 9.77. The van der Waals surface area contributed by atoms with Gasteiger partial charge >= 0.3 is 11.6 Å². The predicted octanol–water partition coefficient (Wildman–Crippen LogP) is 2.75. The molecule has 0 aliphatic rings. The van der Waals surface area contributed by atoms with Gasteiger partial charge in [-0.2, -0.15) is 0 Å². The first-order valence-electron chi connectivity index (χ1n) is 0.617. The Morgan fingerprint density at radius 1 is 0.833 bits per heavy atom. The first-order valence-corrected chi connectivity index (χ1v) is 1.85. The van der Waals surface area contributed by atoms with E-state index in [0.29, 0.717) is 0 Å². The Kier molecular flexibility index (Phi) is 4.04. The van der Waals surface area contributed by atoms with Crippen LogP contribution in [0.15, 0.2) is 0 Å². The minimum absolute atomic E-state index is 0. The largest absolute Gasteiger partial charge is 0.379 e. The molecule has 6 heteroatoms. The first-order chi connectivity index (χ1) is 2.00. The second kappa shape index (κ2) is 2.52. The molecule has 0 radical (unpaired) electrons. The summed E-state index contributed by atoms with van der Waals surface area (Å²) < 4.78 is 39.1. The SMILES string of the molecule is Cl.FS(F)(F)F. The molecule has 0 aliphatic carbocycles. The van der Waals surface area contributed by atoms with Gasteiger partial charge in [0, 0.05) is 0 Å². The summed E-state index contributed by atoms with van der Waals surface area (Å²) in [5.41, 5.74) is 0. The van der Waals surface area contributed by atoms with Crippen molar-refractivity contribution in [3.05, 3.63) is 0 Å². The highest BCUT2D eigenvalue weighted by atomic mass is 35.5. The van der Waals surface area contributed by atoms with Crippen LogP contribution in [0.25, 0.3) is 0 Å². The van der Waals surface area contributed by atoms with E-state index in [-0.39, 0.29) is 12.4 Å². The monoisotopic (exact) mass is 144 g/mol. The van der Waals surface area contributed by atoms with Crippen LogP contribution in [0.3, 0.4) is 0 Å². The van der Waals surface area contributed by atoms with Crippen LogP contribution >= 0.6 is 24.0 Å². The van der Waals surface area contributed by atoms with Gasteiger partial charge in [0.05, 0.1) is 0 Å². The summed E-state index contributed by atoms with van der Waals surface area (Å²) in [5.74, 6) is 0. The van der Waals surface area contributed by atoms with Crippen molar-refractivity contribution in [2.45, 2.75) is 0 Å². The molecule has 0 amide bonds. The Balaban J connectivity index is 0. The van der Waals surface area contributed by atoms with Crippen LogP contribution in [0.5, 0.6) is 0 Å². The fourth-order valence-electron chi connectivity index (χ4n) is 0. The Hall–Kier alpha value is 0.360.